The fourth-order valence-electron chi connectivity index (χ4n) is 2.65. The van der Waals surface area contributed by atoms with Crippen LogP contribution in [0.4, 0.5) is 4.39 Å². The monoisotopic (exact) mass is 403 g/mol. The summed E-state index contributed by atoms with van der Waals surface area (Å²) in [4.78, 5) is 41.2. The fourth-order valence-corrected chi connectivity index (χ4v) is 3.68. The Balaban J connectivity index is 1.55. The second-order valence-corrected chi connectivity index (χ2v) is 7.20. The van der Waals surface area contributed by atoms with Gasteiger partial charge in [-0.1, -0.05) is 12.1 Å². The van der Waals surface area contributed by atoms with Crippen molar-refractivity contribution in [3.05, 3.63) is 62.8 Å². The van der Waals surface area contributed by atoms with E-state index in [1.165, 1.54) is 23.0 Å². The second-order valence-electron chi connectivity index (χ2n) is 6.20. The number of nitrogens with zero attached hydrogens (tertiary/aromatic N) is 2. The number of esters is 1. The molecule has 1 amide bonds. The number of carbonyl (C=O) groups excluding carboxylic acids is 2. The fraction of sp³-hybridized carbons (Fsp3) is 0.263. The first-order chi connectivity index (χ1) is 13.4. The van der Waals surface area contributed by atoms with Gasteiger partial charge in [0.15, 0.2) is 6.61 Å². The highest BCUT2D eigenvalue weighted by Gasteiger charge is 2.20. The van der Waals surface area contributed by atoms with Gasteiger partial charge >= 0.3 is 5.97 Å². The van der Waals surface area contributed by atoms with E-state index in [9.17, 15) is 18.8 Å². The van der Waals surface area contributed by atoms with Gasteiger partial charge in [0.25, 0.3) is 11.5 Å². The van der Waals surface area contributed by atoms with E-state index >= 15 is 0 Å². The van der Waals surface area contributed by atoms with E-state index in [0.29, 0.717) is 28.7 Å². The number of rotatable bonds is 6. The molecule has 146 valence electrons. The molecule has 1 aromatic carbocycles. The number of benzene rings is 1. The number of thiophene rings is 1. The van der Waals surface area contributed by atoms with Crippen LogP contribution >= 0.6 is 11.3 Å². The van der Waals surface area contributed by atoms with Gasteiger partial charge in [0, 0.05) is 13.6 Å². The molecule has 0 aliphatic carbocycles. The Bertz CT molecular complexity index is 1090. The van der Waals surface area contributed by atoms with Crippen LogP contribution in [0.5, 0.6) is 0 Å². The Morgan fingerprint density at radius 3 is 2.71 bits per heavy atom. The zero-order chi connectivity index (χ0) is 20.3. The van der Waals surface area contributed by atoms with Gasteiger partial charge in [-0.05, 0) is 36.6 Å². The quantitative estimate of drug-likeness (QED) is 0.636. The van der Waals surface area contributed by atoms with E-state index < -0.39 is 18.5 Å². The zero-order valence-corrected chi connectivity index (χ0v) is 16.1. The number of aryl methyl sites for hydroxylation is 2. The SMILES string of the molecule is Cc1c(C(=O)OCC(=O)NCCc2ccc(F)cc2)sc2ncn(C)c(=O)c12. The summed E-state index contributed by atoms with van der Waals surface area (Å²) in [6.07, 6.45) is 1.93. The van der Waals surface area contributed by atoms with Crippen molar-refractivity contribution < 1.29 is 18.7 Å². The van der Waals surface area contributed by atoms with Crippen LogP contribution in [0.25, 0.3) is 10.2 Å². The number of nitrogens with one attached hydrogen (secondary N) is 1. The second kappa shape index (κ2) is 8.30. The number of amides is 1. The third-order valence-corrected chi connectivity index (χ3v) is 5.36. The van der Waals surface area contributed by atoms with Crippen molar-refractivity contribution >= 4 is 33.4 Å². The molecule has 0 saturated carbocycles. The minimum atomic E-state index is -0.670. The topological polar surface area (TPSA) is 90.3 Å². The van der Waals surface area contributed by atoms with Gasteiger partial charge < -0.3 is 14.6 Å². The van der Waals surface area contributed by atoms with E-state index in [2.05, 4.69) is 10.3 Å². The van der Waals surface area contributed by atoms with Crippen molar-refractivity contribution in [3.8, 4) is 0 Å². The molecule has 0 aliphatic rings. The van der Waals surface area contributed by atoms with Crippen molar-refractivity contribution in [2.75, 3.05) is 13.2 Å². The van der Waals surface area contributed by atoms with Crippen molar-refractivity contribution in [3.63, 3.8) is 0 Å². The molecule has 0 bridgehead atoms. The van der Waals surface area contributed by atoms with E-state index in [4.69, 9.17) is 4.74 Å². The van der Waals surface area contributed by atoms with Crippen molar-refractivity contribution in [1.82, 2.24) is 14.9 Å². The predicted octanol–water partition coefficient (Wildman–Crippen LogP) is 1.96. The number of halogens is 1. The lowest BCUT2D eigenvalue weighted by atomic mass is 10.1. The van der Waals surface area contributed by atoms with Crippen LogP contribution in [0, 0.1) is 12.7 Å². The lowest BCUT2D eigenvalue weighted by molar-refractivity contribution is -0.124. The summed E-state index contributed by atoms with van der Waals surface area (Å²) in [5, 5.41) is 3.02. The van der Waals surface area contributed by atoms with Crippen LogP contribution in [0.3, 0.4) is 0 Å². The van der Waals surface area contributed by atoms with E-state index in [0.717, 1.165) is 16.9 Å². The van der Waals surface area contributed by atoms with Crippen LogP contribution in [-0.2, 0) is 23.0 Å². The molecule has 3 rings (SSSR count). The third-order valence-electron chi connectivity index (χ3n) is 4.18. The molecule has 3 aromatic rings. The molecule has 2 aromatic heterocycles. The molecule has 9 heteroatoms. The first kappa shape index (κ1) is 19.7. The molecule has 0 aliphatic heterocycles. The van der Waals surface area contributed by atoms with Crippen LogP contribution in [0.2, 0.25) is 0 Å². The minimum Gasteiger partial charge on any atom is -0.451 e. The summed E-state index contributed by atoms with van der Waals surface area (Å²) < 4.78 is 19.3. The summed E-state index contributed by atoms with van der Waals surface area (Å²) in [6.45, 7) is 1.56. The zero-order valence-electron chi connectivity index (χ0n) is 15.3. The summed E-state index contributed by atoms with van der Waals surface area (Å²) >= 11 is 1.06. The molecule has 28 heavy (non-hydrogen) atoms. The van der Waals surface area contributed by atoms with E-state index in [1.807, 2.05) is 0 Å². The van der Waals surface area contributed by atoms with Gasteiger partial charge in [0.05, 0.1) is 11.7 Å². The maximum atomic E-state index is 12.9. The lowest BCUT2D eigenvalue weighted by Crippen LogP contribution is -2.30. The maximum absolute atomic E-state index is 12.9. The highest BCUT2D eigenvalue weighted by atomic mass is 32.1. The van der Waals surface area contributed by atoms with Crippen LogP contribution in [0.15, 0.2) is 35.4 Å². The standard InChI is InChI=1S/C19H18FN3O4S/c1-11-15-17(22-10-23(2)18(15)25)28-16(11)19(26)27-9-14(24)21-8-7-12-3-5-13(20)6-4-12/h3-6,10H,7-9H2,1-2H3,(H,21,24). The van der Waals surface area contributed by atoms with Crippen LogP contribution in [0.1, 0.15) is 20.8 Å². The predicted molar refractivity (Wildman–Crippen MR) is 103 cm³/mol. The molecule has 2 heterocycles. The highest BCUT2D eigenvalue weighted by molar-refractivity contribution is 7.20. The molecule has 0 radical (unpaired) electrons. The van der Waals surface area contributed by atoms with Crippen LogP contribution in [-0.4, -0.2) is 34.6 Å². The smallest absolute Gasteiger partial charge is 0.349 e. The third kappa shape index (κ3) is 4.25. The van der Waals surface area contributed by atoms with Crippen molar-refractivity contribution in [2.24, 2.45) is 7.05 Å². The number of hydrogen-bond acceptors (Lipinski definition) is 6. The molecule has 0 spiro atoms. The summed E-state index contributed by atoms with van der Waals surface area (Å²) in [6, 6.07) is 6.00. The molecule has 0 unspecified atom stereocenters. The Morgan fingerprint density at radius 1 is 1.29 bits per heavy atom. The van der Waals surface area contributed by atoms with Gasteiger partial charge in [0.2, 0.25) is 0 Å². The number of hydrogen-bond donors (Lipinski definition) is 1. The number of aromatic nitrogens is 2. The Kier molecular flexibility index (Phi) is 5.84. The largest absolute Gasteiger partial charge is 0.451 e. The average Bonchev–Trinajstić information content (AvgIpc) is 3.01. The van der Waals surface area contributed by atoms with Gasteiger partial charge in [-0.2, -0.15) is 0 Å². The Hall–Kier alpha value is -3.07. The average molecular weight is 403 g/mol. The Morgan fingerprint density at radius 2 is 2.00 bits per heavy atom. The van der Waals surface area contributed by atoms with Crippen LogP contribution < -0.4 is 10.9 Å². The molecular weight excluding hydrogens is 385 g/mol. The van der Waals surface area contributed by atoms with E-state index in [-0.39, 0.29) is 16.3 Å². The lowest BCUT2D eigenvalue weighted by Gasteiger charge is -2.06. The van der Waals surface area contributed by atoms with Gasteiger partial charge in [0.1, 0.15) is 15.5 Å². The van der Waals surface area contributed by atoms with Gasteiger partial charge in [-0.25, -0.2) is 14.2 Å². The summed E-state index contributed by atoms with van der Waals surface area (Å²) in [7, 11) is 1.58. The van der Waals surface area contributed by atoms with Crippen molar-refractivity contribution in [2.45, 2.75) is 13.3 Å². The minimum absolute atomic E-state index is 0.240. The first-order valence-electron chi connectivity index (χ1n) is 8.50. The molecule has 7 nitrogen and oxygen atoms in total. The number of ether oxygens (including phenoxy) is 1. The van der Waals surface area contributed by atoms with E-state index in [1.54, 1.807) is 26.1 Å². The number of carbonyl (C=O) groups is 2. The molecule has 1 N–H and O–H groups in total. The summed E-state index contributed by atoms with van der Waals surface area (Å²) in [5.74, 6) is -1.43. The van der Waals surface area contributed by atoms with Gasteiger partial charge in [-0.15, -0.1) is 11.3 Å². The van der Waals surface area contributed by atoms with Gasteiger partial charge in [-0.3, -0.25) is 9.59 Å². The first-order valence-corrected chi connectivity index (χ1v) is 9.31. The summed E-state index contributed by atoms with van der Waals surface area (Å²) in [5.41, 5.74) is 1.14. The highest BCUT2D eigenvalue weighted by Crippen LogP contribution is 2.27. The molecule has 0 saturated heterocycles. The normalized spacial score (nSPS) is 10.8. The molecule has 0 atom stereocenters. The number of fused-ring (bicyclic) bond motifs is 1. The maximum Gasteiger partial charge on any atom is 0.349 e. The Labute approximate surface area is 163 Å². The van der Waals surface area contributed by atoms with Crippen molar-refractivity contribution in [1.29, 1.82) is 0 Å². The molecule has 0 fully saturated rings. The molecular formula is C19H18FN3O4S.